The molecule has 0 bridgehead atoms. The summed E-state index contributed by atoms with van der Waals surface area (Å²) in [4.78, 5) is 23.6. The predicted octanol–water partition coefficient (Wildman–Crippen LogP) is 1.87. The summed E-state index contributed by atoms with van der Waals surface area (Å²) in [5, 5.41) is 31.0. The second-order valence-corrected chi connectivity index (χ2v) is 5.86. The van der Waals surface area contributed by atoms with Crippen molar-refractivity contribution >= 4 is 46.5 Å². The number of nitrogens with one attached hydrogen (secondary N) is 5. The normalized spacial score (nSPS) is 8.66. The van der Waals surface area contributed by atoms with Crippen LogP contribution in [0.15, 0.2) is 0 Å². The van der Waals surface area contributed by atoms with Gasteiger partial charge in [0.1, 0.15) is 17.5 Å². The molecule has 0 saturated carbocycles. The number of rotatable bonds is 6. The molecule has 29 heavy (non-hydrogen) atoms. The van der Waals surface area contributed by atoms with Crippen LogP contribution in [0.3, 0.4) is 0 Å². The fourth-order valence-electron chi connectivity index (χ4n) is 1.11. The number of amides is 1. The maximum Gasteiger partial charge on any atom is 0.412 e. The van der Waals surface area contributed by atoms with E-state index in [0.29, 0.717) is 12.4 Å². The SMILES string of the molecule is CCOC(=O)Cl.CCOC(=O)NC(=N)CC(=N)N(C)C.CN(C)C(=N)CC(=N)N. The van der Waals surface area contributed by atoms with E-state index in [0.717, 1.165) is 0 Å². The lowest BCUT2D eigenvalue weighted by atomic mass is 10.3. The average Bonchev–Trinajstić information content (AvgIpc) is 2.54. The topological polar surface area (TPSA) is 193 Å². The highest BCUT2D eigenvalue weighted by Gasteiger charge is 2.08. The molecule has 0 rings (SSSR count). The molecule has 168 valence electrons. The van der Waals surface area contributed by atoms with Crippen LogP contribution < -0.4 is 11.1 Å². The van der Waals surface area contributed by atoms with E-state index in [1.54, 1.807) is 51.8 Å². The third-order valence-corrected chi connectivity index (χ3v) is 2.68. The van der Waals surface area contributed by atoms with Crippen LogP contribution in [-0.4, -0.2) is 86.1 Å². The van der Waals surface area contributed by atoms with E-state index in [2.05, 4.69) is 14.8 Å². The van der Waals surface area contributed by atoms with E-state index in [9.17, 15) is 9.59 Å². The van der Waals surface area contributed by atoms with Gasteiger partial charge in [0, 0.05) is 39.8 Å². The highest BCUT2D eigenvalue weighted by molar-refractivity contribution is 6.61. The van der Waals surface area contributed by atoms with Gasteiger partial charge >= 0.3 is 11.5 Å². The third kappa shape index (κ3) is 25.1. The Morgan fingerprint density at radius 2 is 1.31 bits per heavy atom. The molecule has 0 unspecified atom stereocenters. The number of nitrogens with zero attached hydrogens (tertiary/aromatic N) is 2. The fraction of sp³-hybridized carbons (Fsp3) is 0.625. The molecule has 0 aromatic carbocycles. The van der Waals surface area contributed by atoms with Gasteiger partial charge in [-0.15, -0.1) is 0 Å². The molecule has 12 nitrogen and oxygen atoms in total. The summed E-state index contributed by atoms with van der Waals surface area (Å²) in [5.74, 6) is 0.616. The first-order chi connectivity index (χ1) is 13.3. The molecule has 7 N–H and O–H groups in total. The van der Waals surface area contributed by atoms with E-state index in [4.69, 9.17) is 39.0 Å². The van der Waals surface area contributed by atoms with Gasteiger partial charge in [-0.1, -0.05) is 0 Å². The fourth-order valence-corrected chi connectivity index (χ4v) is 1.22. The quantitative estimate of drug-likeness (QED) is 0.207. The number of carbonyl (C=O) groups excluding carboxylic acids is 2. The Labute approximate surface area is 176 Å². The van der Waals surface area contributed by atoms with Crippen molar-refractivity contribution in [1.29, 1.82) is 21.6 Å². The summed E-state index contributed by atoms with van der Waals surface area (Å²) in [6.45, 7) is 4.00. The molecule has 0 heterocycles. The minimum absolute atomic E-state index is 0.0358. The van der Waals surface area contributed by atoms with Gasteiger partial charge in [-0.3, -0.25) is 27.0 Å². The minimum atomic E-state index is -0.738. The summed E-state index contributed by atoms with van der Waals surface area (Å²) in [6, 6.07) is 0. The molecule has 0 aromatic rings. The Balaban J connectivity index is -0.000000386. The van der Waals surface area contributed by atoms with Gasteiger partial charge in [0.05, 0.1) is 31.9 Å². The molecule has 0 aliphatic heterocycles. The van der Waals surface area contributed by atoms with Crippen LogP contribution >= 0.6 is 11.6 Å². The molecule has 0 atom stereocenters. The second kappa shape index (κ2) is 18.5. The van der Waals surface area contributed by atoms with Gasteiger partial charge in [-0.05, 0) is 13.8 Å². The van der Waals surface area contributed by atoms with Crippen molar-refractivity contribution in [2.75, 3.05) is 41.4 Å². The molecular formula is C16H33ClN8O4. The van der Waals surface area contributed by atoms with Gasteiger partial charge in [-0.2, -0.15) is 0 Å². The van der Waals surface area contributed by atoms with Crippen LogP contribution in [0, 0.1) is 21.6 Å². The van der Waals surface area contributed by atoms with E-state index in [1.807, 2.05) is 0 Å². The van der Waals surface area contributed by atoms with Crippen LogP contribution in [0.1, 0.15) is 26.7 Å². The van der Waals surface area contributed by atoms with Crippen molar-refractivity contribution in [3.05, 3.63) is 0 Å². The standard InChI is InChI=1S/C8H16N4O2.C5H12N4.C3H5ClO2/c1-4-14-8(13)11-6(9)5-7(10)12(2)3;1-9(2)5(8)3-4(6)7;1-2-6-3(4)5/h10H,4-5H2,1-3H3,(H2,9,11,13);8H,3H2,1-2H3,(H3,6,7);2H2,1H3. The molecule has 0 aromatic heterocycles. The number of amidine groups is 4. The van der Waals surface area contributed by atoms with Crippen molar-refractivity contribution in [2.24, 2.45) is 5.73 Å². The number of hydrogen-bond acceptors (Lipinski definition) is 8. The molecule has 0 spiro atoms. The lowest BCUT2D eigenvalue weighted by molar-refractivity contribution is 0.157. The molecule has 0 aliphatic rings. The Hall–Kier alpha value is -2.89. The molecular weight excluding hydrogens is 404 g/mol. The maximum absolute atomic E-state index is 10.8. The van der Waals surface area contributed by atoms with Crippen molar-refractivity contribution in [1.82, 2.24) is 15.1 Å². The first-order valence-corrected chi connectivity index (χ1v) is 8.81. The Kier molecular flexibility index (Phi) is 19.6. The molecule has 0 radical (unpaired) electrons. The second-order valence-electron chi connectivity index (χ2n) is 5.56. The van der Waals surface area contributed by atoms with Gasteiger partial charge in [0.25, 0.3) is 0 Å². The molecule has 13 heteroatoms. The highest BCUT2D eigenvalue weighted by atomic mass is 35.5. The molecule has 0 saturated heterocycles. The van der Waals surface area contributed by atoms with Crippen LogP contribution in [0.4, 0.5) is 9.59 Å². The van der Waals surface area contributed by atoms with Crippen LogP contribution in [0.2, 0.25) is 0 Å². The third-order valence-electron chi connectivity index (χ3n) is 2.57. The first-order valence-electron chi connectivity index (χ1n) is 8.44. The van der Waals surface area contributed by atoms with Gasteiger partial charge in [-0.25, -0.2) is 9.59 Å². The number of hydrogen-bond donors (Lipinski definition) is 6. The lowest BCUT2D eigenvalue weighted by Gasteiger charge is -2.14. The van der Waals surface area contributed by atoms with Crippen LogP contribution in [-0.2, 0) is 9.47 Å². The van der Waals surface area contributed by atoms with E-state index in [1.165, 1.54) is 0 Å². The lowest BCUT2D eigenvalue weighted by Crippen LogP contribution is -2.34. The molecule has 0 aliphatic carbocycles. The monoisotopic (exact) mass is 436 g/mol. The van der Waals surface area contributed by atoms with Crippen molar-refractivity contribution < 1.29 is 19.1 Å². The Bertz CT molecular complexity index is 567. The largest absolute Gasteiger partial charge is 0.454 e. The van der Waals surface area contributed by atoms with Crippen molar-refractivity contribution in [2.45, 2.75) is 26.7 Å². The summed E-state index contributed by atoms with van der Waals surface area (Å²) >= 11 is 4.72. The molecule has 1 amide bonds. The predicted molar refractivity (Wildman–Crippen MR) is 115 cm³/mol. The highest BCUT2D eigenvalue weighted by Crippen LogP contribution is 1.89. The summed E-state index contributed by atoms with van der Waals surface area (Å²) in [5.41, 5.74) is 4.31. The Morgan fingerprint density at radius 1 is 0.897 bits per heavy atom. The minimum Gasteiger partial charge on any atom is -0.454 e. The number of halogens is 1. The molecule has 0 fully saturated rings. The van der Waals surface area contributed by atoms with E-state index in [-0.39, 0.29) is 37.0 Å². The summed E-state index contributed by atoms with van der Waals surface area (Å²) in [6.07, 6.45) is -0.317. The first kappa shape index (κ1) is 30.8. The summed E-state index contributed by atoms with van der Waals surface area (Å²) in [7, 11) is 6.93. The maximum atomic E-state index is 10.8. The van der Waals surface area contributed by atoms with Gasteiger partial charge < -0.3 is 25.0 Å². The number of nitrogens with two attached hydrogens (primary N) is 1. The van der Waals surface area contributed by atoms with E-state index < -0.39 is 11.5 Å². The smallest absolute Gasteiger partial charge is 0.412 e. The average molecular weight is 437 g/mol. The zero-order chi connectivity index (χ0) is 23.6. The van der Waals surface area contributed by atoms with Gasteiger partial charge in [0.15, 0.2) is 0 Å². The van der Waals surface area contributed by atoms with E-state index >= 15 is 0 Å². The number of alkyl carbamates (subject to hydrolysis) is 1. The van der Waals surface area contributed by atoms with Crippen molar-refractivity contribution in [3.8, 4) is 0 Å². The van der Waals surface area contributed by atoms with Gasteiger partial charge in [0.2, 0.25) is 0 Å². The zero-order valence-electron chi connectivity index (χ0n) is 17.8. The zero-order valence-corrected chi connectivity index (χ0v) is 18.6. The Morgan fingerprint density at radius 3 is 1.55 bits per heavy atom. The number of carbonyl (C=O) groups is 2. The summed E-state index contributed by atoms with van der Waals surface area (Å²) < 4.78 is 8.75. The number of ether oxygens (including phenoxy) is 2. The van der Waals surface area contributed by atoms with Crippen LogP contribution in [0.25, 0.3) is 0 Å². The van der Waals surface area contributed by atoms with Crippen LogP contribution in [0.5, 0.6) is 0 Å². The van der Waals surface area contributed by atoms with Crippen molar-refractivity contribution in [3.63, 3.8) is 0 Å².